The van der Waals surface area contributed by atoms with Gasteiger partial charge in [0.05, 0.1) is 0 Å². The van der Waals surface area contributed by atoms with Crippen LogP contribution in [0.5, 0.6) is 0 Å². The molecule has 0 unspecified atom stereocenters. The molecule has 0 N–H and O–H groups in total. The minimum atomic E-state index is 0.526. The maximum Gasteiger partial charge on any atom is 0.00721 e. The van der Waals surface area contributed by atoms with Crippen LogP contribution in [0.25, 0.3) is 0 Å². The van der Waals surface area contributed by atoms with Gasteiger partial charge in [-0.15, -0.1) is 18.3 Å². The Hall–Kier alpha value is -1.47. The predicted octanol–water partition coefficient (Wildman–Crippen LogP) is 4.82. The molecule has 92 valence electrons. The third-order valence-corrected chi connectivity index (χ3v) is 4.08. The van der Waals surface area contributed by atoms with Gasteiger partial charge < -0.3 is 0 Å². The Morgan fingerprint density at radius 1 is 0.944 bits per heavy atom. The summed E-state index contributed by atoms with van der Waals surface area (Å²) in [6.45, 7) is 3.96. The van der Waals surface area contributed by atoms with Crippen LogP contribution in [0.3, 0.4) is 0 Å². The molecule has 2 aromatic rings. The molecule has 0 spiro atoms. The van der Waals surface area contributed by atoms with E-state index in [0.29, 0.717) is 5.92 Å². The molecular formula is C17H18S. The Labute approximate surface area is 114 Å². The van der Waals surface area contributed by atoms with Crippen molar-refractivity contribution in [3.63, 3.8) is 0 Å². The van der Waals surface area contributed by atoms with Gasteiger partial charge in [-0.05, 0) is 30.0 Å². The third kappa shape index (κ3) is 4.08. The topological polar surface area (TPSA) is 0 Å². The Morgan fingerprint density at radius 3 is 2.17 bits per heavy atom. The third-order valence-electron chi connectivity index (χ3n) is 2.88. The monoisotopic (exact) mass is 254 g/mol. The lowest BCUT2D eigenvalue weighted by molar-refractivity contribution is 0.737. The van der Waals surface area contributed by atoms with Gasteiger partial charge in [0, 0.05) is 10.6 Å². The molecule has 0 heterocycles. The van der Waals surface area contributed by atoms with E-state index in [2.05, 4.69) is 73.3 Å². The average molecular weight is 254 g/mol. The summed E-state index contributed by atoms with van der Waals surface area (Å²) < 4.78 is 0. The summed E-state index contributed by atoms with van der Waals surface area (Å²) in [5.74, 6) is 1.61. The molecule has 18 heavy (non-hydrogen) atoms. The molecule has 1 heteroatoms. The fourth-order valence-corrected chi connectivity index (χ4v) is 2.86. The van der Waals surface area contributed by atoms with Crippen molar-refractivity contribution in [3.05, 3.63) is 78.9 Å². The van der Waals surface area contributed by atoms with Gasteiger partial charge >= 0.3 is 0 Å². The van der Waals surface area contributed by atoms with Crippen LogP contribution >= 0.6 is 11.8 Å². The van der Waals surface area contributed by atoms with Gasteiger partial charge in [-0.25, -0.2) is 0 Å². The van der Waals surface area contributed by atoms with Crippen molar-refractivity contribution in [2.45, 2.75) is 11.3 Å². The fraction of sp³-hybridized carbons (Fsp3) is 0.176. The highest BCUT2D eigenvalue weighted by Gasteiger charge is 2.06. The Morgan fingerprint density at radius 2 is 1.56 bits per heavy atom. The first-order valence-corrected chi connectivity index (χ1v) is 7.21. The molecule has 0 nitrogen and oxygen atoms in total. The molecule has 0 fully saturated rings. The van der Waals surface area contributed by atoms with Crippen LogP contribution in [0, 0.1) is 5.92 Å². The van der Waals surface area contributed by atoms with Gasteiger partial charge in [-0.3, -0.25) is 0 Å². The van der Waals surface area contributed by atoms with Gasteiger partial charge in [-0.2, -0.15) is 0 Å². The highest BCUT2D eigenvalue weighted by molar-refractivity contribution is 7.99. The number of thioether (sulfide) groups is 1. The van der Waals surface area contributed by atoms with Crippen molar-refractivity contribution in [1.29, 1.82) is 0 Å². The molecule has 0 aliphatic carbocycles. The van der Waals surface area contributed by atoms with E-state index in [9.17, 15) is 0 Å². The van der Waals surface area contributed by atoms with Crippen molar-refractivity contribution >= 4 is 11.8 Å². The van der Waals surface area contributed by atoms with Gasteiger partial charge in [0.1, 0.15) is 0 Å². The standard InChI is InChI=1S/C17H18S/c1-2-15(13-16-9-5-3-6-10-16)14-18-17-11-7-4-8-12-17/h2-12,15H,1,13-14H2/t15-/m1/s1. The molecule has 0 aromatic heterocycles. The zero-order valence-corrected chi connectivity index (χ0v) is 11.3. The Kier molecular flexibility index (Phi) is 5.10. The second-order valence-corrected chi connectivity index (χ2v) is 5.40. The molecular weight excluding hydrogens is 236 g/mol. The Balaban J connectivity index is 1.88. The average Bonchev–Trinajstić information content (AvgIpc) is 2.45. The lowest BCUT2D eigenvalue weighted by Gasteiger charge is -2.12. The van der Waals surface area contributed by atoms with E-state index in [1.54, 1.807) is 0 Å². The predicted molar refractivity (Wildman–Crippen MR) is 81.0 cm³/mol. The van der Waals surface area contributed by atoms with Crippen LogP contribution in [0.4, 0.5) is 0 Å². The van der Waals surface area contributed by atoms with Crippen LogP contribution in [0.15, 0.2) is 78.2 Å². The number of rotatable bonds is 6. The number of hydrogen-bond donors (Lipinski definition) is 0. The van der Waals surface area contributed by atoms with Gasteiger partial charge in [0.25, 0.3) is 0 Å². The van der Waals surface area contributed by atoms with Crippen LogP contribution < -0.4 is 0 Å². The van der Waals surface area contributed by atoms with E-state index in [-0.39, 0.29) is 0 Å². The lowest BCUT2D eigenvalue weighted by atomic mass is 10.0. The summed E-state index contributed by atoms with van der Waals surface area (Å²) in [5, 5.41) is 0. The number of hydrogen-bond acceptors (Lipinski definition) is 1. The first-order chi connectivity index (χ1) is 8.88. The van der Waals surface area contributed by atoms with E-state index < -0.39 is 0 Å². The highest BCUT2D eigenvalue weighted by atomic mass is 32.2. The van der Waals surface area contributed by atoms with E-state index >= 15 is 0 Å². The quantitative estimate of drug-likeness (QED) is 0.526. The van der Waals surface area contributed by atoms with Crippen molar-refractivity contribution in [3.8, 4) is 0 Å². The minimum absolute atomic E-state index is 0.526. The van der Waals surface area contributed by atoms with E-state index in [1.807, 2.05) is 11.8 Å². The van der Waals surface area contributed by atoms with Crippen molar-refractivity contribution in [1.82, 2.24) is 0 Å². The van der Waals surface area contributed by atoms with Gasteiger partial charge in [0.2, 0.25) is 0 Å². The maximum atomic E-state index is 3.96. The summed E-state index contributed by atoms with van der Waals surface area (Å²) in [7, 11) is 0. The summed E-state index contributed by atoms with van der Waals surface area (Å²) in [5.41, 5.74) is 1.39. The van der Waals surface area contributed by atoms with Crippen molar-refractivity contribution in [2.75, 3.05) is 5.75 Å². The summed E-state index contributed by atoms with van der Waals surface area (Å²) in [6, 6.07) is 21.2. The summed E-state index contributed by atoms with van der Waals surface area (Å²) in [4.78, 5) is 1.33. The lowest BCUT2D eigenvalue weighted by Crippen LogP contribution is -2.04. The normalized spacial score (nSPS) is 12.0. The smallest absolute Gasteiger partial charge is 0.00721 e. The van der Waals surface area contributed by atoms with Crippen molar-refractivity contribution < 1.29 is 0 Å². The summed E-state index contributed by atoms with van der Waals surface area (Å²) in [6.07, 6.45) is 3.15. The SMILES string of the molecule is C=C[C@@H](CSc1ccccc1)Cc1ccccc1. The Bertz CT molecular complexity index is 461. The van der Waals surface area contributed by atoms with Gasteiger partial charge in [-0.1, -0.05) is 54.6 Å². The largest absolute Gasteiger partial charge is 0.126 e. The van der Waals surface area contributed by atoms with Crippen LogP contribution in [-0.4, -0.2) is 5.75 Å². The molecule has 2 rings (SSSR count). The van der Waals surface area contributed by atoms with Crippen LogP contribution in [0.2, 0.25) is 0 Å². The first-order valence-electron chi connectivity index (χ1n) is 6.23. The van der Waals surface area contributed by atoms with E-state index in [4.69, 9.17) is 0 Å². The zero-order valence-electron chi connectivity index (χ0n) is 10.5. The van der Waals surface area contributed by atoms with Crippen LogP contribution in [0.1, 0.15) is 5.56 Å². The van der Waals surface area contributed by atoms with E-state index in [1.165, 1.54) is 10.5 Å². The number of benzene rings is 2. The molecule has 0 amide bonds. The molecule has 0 saturated carbocycles. The fourth-order valence-electron chi connectivity index (χ4n) is 1.85. The molecule has 0 aliphatic rings. The zero-order chi connectivity index (χ0) is 12.6. The van der Waals surface area contributed by atoms with Gasteiger partial charge in [0.15, 0.2) is 0 Å². The van der Waals surface area contributed by atoms with Crippen molar-refractivity contribution in [2.24, 2.45) is 5.92 Å². The summed E-state index contributed by atoms with van der Waals surface area (Å²) >= 11 is 1.90. The maximum absolute atomic E-state index is 3.96. The molecule has 0 bridgehead atoms. The number of allylic oxidation sites excluding steroid dienone is 1. The molecule has 0 radical (unpaired) electrons. The minimum Gasteiger partial charge on any atom is -0.126 e. The van der Waals surface area contributed by atoms with Crippen LogP contribution in [-0.2, 0) is 6.42 Å². The molecule has 0 saturated heterocycles. The molecule has 1 atom stereocenters. The molecule has 0 aliphatic heterocycles. The second kappa shape index (κ2) is 7.07. The second-order valence-electron chi connectivity index (χ2n) is 4.31. The highest BCUT2D eigenvalue weighted by Crippen LogP contribution is 2.22. The first kappa shape index (κ1) is 13.0. The molecule has 2 aromatic carbocycles. The van der Waals surface area contributed by atoms with E-state index in [0.717, 1.165) is 12.2 Å².